The Kier molecular flexibility index (Phi) is 8.02. The maximum atomic E-state index is 9.66. The summed E-state index contributed by atoms with van der Waals surface area (Å²) >= 11 is 0. The van der Waals surface area contributed by atoms with Crippen LogP contribution in [0.1, 0.15) is 31.7 Å². The van der Waals surface area contributed by atoms with E-state index in [9.17, 15) is 5.11 Å². The molecule has 138 valence electrons. The number of aliphatic hydroxyl groups is 1. The second kappa shape index (κ2) is 10.0. The average molecular weight is 456 g/mol. The predicted molar refractivity (Wildman–Crippen MR) is 115 cm³/mol. The lowest BCUT2D eigenvalue weighted by molar-refractivity contribution is 0.108. The third kappa shape index (κ3) is 5.34. The molecular formula is C19H29IN4O. The van der Waals surface area contributed by atoms with Crippen LogP contribution in [0.3, 0.4) is 0 Å². The van der Waals surface area contributed by atoms with Crippen molar-refractivity contribution in [3.63, 3.8) is 0 Å². The summed E-state index contributed by atoms with van der Waals surface area (Å²) in [5.41, 5.74) is 2.57. The number of aryl methyl sites for hydroxylation is 1. The third-order valence-corrected chi connectivity index (χ3v) is 4.64. The lowest BCUT2D eigenvalue weighted by Gasteiger charge is -2.32. The number of hydrogen-bond acceptors (Lipinski definition) is 2. The lowest BCUT2D eigenvalue weighted by Crippen LogP contribution is -2.46. The van der Waals surface area contributed by atoms with Crippen molar-refractivity contribution < 1.29 is 5.11 Å². The van der Waals surface area contributed by atoms with Gasteiger partial charge in [0.1, 0.15) is 0 Å². The van der Waals surface area contributed by atoms with Gasteiger partial charge in [0.15, 0.2) is 5.96 Å². The topological polar surface area (TPSA) is 63.7 Å². The van der Waals surface area contributed by atoms with Gasteiger partial charge in [0, 0.05) is 43.3 Å². The van der Waals surface area contributed by atoms with E-state index < -0.39 is 0 Å². The minimum absolute atomic E-state index is 0. The van der Waals surface area contributed by atoms with Crippen LogP contribution in [0.15, 0.2) is 35.5 Å². The van der Waals surface area contributed by atoms with Crippen molar-refractivity contribution in [2.75, 3.05) is 26.2 Å². The molecule has 0 unspecified atom stereocenters. The smallest absolute Gasteiger partial charge is 0.193 e. The van der Waals surface area contributed by atoms with Crippen LogP contribution in [0.4, 0.5) is 0 Å². The highest BCUT2D eigenvalue weighted by Crippen LogP contribution is 2.19. The number of aliphatic hydroxyl groups excluding tert-OH is 1. The van der Waals surface area contributed by atoms with Gasteiger partial charge in [0.05, 0.1) is 6.10 Å². The Morgan fingerprint density at radius 1 is 1.32 bits per heavy atom. The Balaban J connectivity index is 0.00000225. The summed E-state index contributed by atoms with van der Waals surface area (Å²) in [4.78, 5) is 10.4. The summed E-state index contributed by atoms with van der Waals surface area (Å²) < 4.78 is 0. The highest BCUT2D eigenvalue weighted by atomic mass is 127. The van der Waals surface area contributed by atoms with Crippen molar-refractivity contribution in [1.29, 1.82) is 0 Å². The van der Waals surface area contributed by atoms with E-state index in [4.69, 9.17) is 4.99 Å². The first-order valence-electron chi connectivity index (χ1n) is 9.04. The Hall–Kier alpha value is -1.28. The number of aromatic amines is 1. The summed E-state index contributed by atoms with van der Waals surface area (Å²) in [5, 5.41) is 14.4. The van der Waals surface area contributed by atoms with Gasteiger partial charge in [0.25, 0.3) is 0 Å². The molecule has 0 spiro atoms. The van der Waals surface area contributed by atoms with Gasteiger partial charge >= 0.3 is 0 Å². The van der Waals surface area contributed by atoms with E-state index in [-0.39, 0.29) is 30.1 Å². The van der Waals surface area contributed by atoms with Crippen LogP contribution >= 0.6 is 24.0 Å². The molecule has 0 aliphatic carbocycles. The normalized spacial score (nSPS) is 16.1. The maximum Gasteiger partial charge on any atom is 0.193 e. The number of likely N-dealkylation sites (tertiary alicyclic amines) is 1. The number of hydrogen-bond donors (Lipinski definition) is 3. The van der Waals surface area contributed by atoms with Crippen LogP contribution in [0.2, 0.25) is 0 Å². The number of H-pyrrole nitrogens is 1. The molecule has 3 rings (SSSR count). The maximum absolute atomic E-state index is 9.66. The molecule has 0 atom stereocenters. The molecule has 0 bridgehead atoms. The Morgan fingerprint density at radius 3 is 2.84 bits per heavy atom. The molecular weight excluding hydrogens is 427 g/mol. The molecule has 2 aromatic rings. The van der Waals surface area contributed by atoms with Gasteiger partial charge in [-0.05, 0) is 44.2 Å². The number of halogens is 1. The number of aromatic nitrogens is 1. The molecule has 1 aliphatic heterocycles. The number of para-hydroxylation sites is 1. The van der Waals surface area contributed by atoms with E-state index in [2.05, 4.69) is 52.6 Å². The molecule has 0 amide bonds. The third-order valence-electron chi connectivity index (χ3n) is 4.64. The van der Waals surface area contributed by atoms with E-state index in [0.717, 1.165) is 57.8 Å². The zero-order valence-electron chi connectivity index (χ0n) is 14.9. The van der Waals surface area contributed by atoms with Crippen LogP contribution in [-0.4, -0.2) is 53.2 Å². The largest absolute Gasteiger partial charge is 0.393 e. The van der Waals surface area contributed by atoms with E-state index in [1.165, 1.54) is 16.5 Å². The number of aliphatic imine (C=N–C) groups is 1. The molecule has 1 aromatic carbocycles. The van der Waals surface area contributed by atoms with Gasteiger partial charge in [0.2, 0.25) is 0 Å². The number of guanidine groups is 1. The second-order valence-corrected chi connectivity index (χ2v) is 6.42. The number of nitrogens with zero attached hydrogens (tertiary/aromatic N) is 2. The predicted octanol–water partition coefficient (Wildman–Crippen LogP) is 3.14. The summed E-state index contributed by atoms with van der Waals surface area (Å²) in [7, 11) is 0. The zero-order chi connectivity index (χ0) is 16.8. The molecule has 1 saturated heterocycles. The summed E-state index contributed by atoms with van der Waals surface area (Å²) in [5.74, 6) is 0.989. The SMILES string of the molecule is CCNC(=NCCCc1c[nH]c2ccccc12)N1CCC(O)CC1.I. The number of fused-ring (bicyclic) bond motifs is 1. The van der Waals surface area contributed by atoms with Crippen molar-refractivity contribution in [2.24, 2.45) is 4.99 Å². The number of piperidine rings is 1. The first-order valence-corrected chi connectivity index (χ1v) is 9.04. The Bertz CT molecular complexity index is 677. The van der Waals surface area contributed by atoms with Crippen molar-refractivity contribution in [3.8, 4) is 0 Å². The molecule has 1 aromatic heterocycles. The van der Waals surface area contributed by atoms with Crippen LogP contribution in [0.5, 0.6) is 0 Å². The first kappa shape index (κ1) is 20.0. The van der Waals surface area contributed by atoms with Gasteiger partial charge in [-0.3, -0.25) is 4.99 Å². The molecule has 2 heterocycles. The molecule has 3 N–H and O–H groups in total. The monoisotopic (exact) mass is 456 g/mol. The van der Waals surface area contributed by atoms with Crippen LogP contribution in [0, 0.1) is 0 Å². The molecule has 1 fully saturated rings. The minimum Gasteiger partial charge on any atom is -0.393 e. The lowest BCUT2D eigenvalue weighted by atomic mass is 10.1. The fourth-order valence-corrected chi connectivity index (χ4v) is 3.30. The van der Waals surface area contributed by atoms with Crippen molar-refractivity contribution in [3.05, 3.63) is 36.0 Å². The highest BCUT2D eigenvalue weighted by molar-refractivity contribution is 14.0. The minimum atomic E-state index is -0.147. The van der Waals surface area contributed by atoms with Crippen molar-refractivity contribution in [1.82, 2.24) is 15.2 Å². The highest BCUT2D eigenvalue weighted by Gasteiger charge is 2.19. The van der Waals surface area contributed by atoms with Gasteiger partial charge < -0.3 is 20.3 Å². The van der Waals surface area contributed by atoms with Gasteiger partial charge in [-0.1, -0.05) is 18.2 Å². The van der Waals surface area contributed by atoms with E-state index >= 15 is 0 Å². The van der Waals surface area contributed by atoms with E-state index in [1.807, 2.05) is 0 Å². The fraction of sp³-hybridized carbons (Fsp3) is 0.526. The molecule has 5 nitrogen and oxygen atoms in total. The number of nitrogens with one attached hydrogen (secondary N) is 2. The summed E-state index contributed by atoms with van der Waals surface area (Å²) in [6.45, 7) is 5.56. The standard InChI is InChI=1S/C19H28N4O.HI/c1-2-20-19(23-12-9-16(24)10-13-23)21-11-5-6-15-14-22-18-8-4-3-7-17(15)18;/h3-4,7-8,14,16,22,24H,2,5-6,9-13H2,1H3,(H,20,21);1H. The number of rotatable bonds is 5. The van der Waals surface area contributed by atoms with Crippen LogP contribution in [-0.2, 0) is 6.42 Å². The quantitative estimate of drug-likeness (QED) is 0.281. The van der Waals surface area contributed by atoms with Gasteiger partial charge in [-0.15, -0.1) is 24.0 Å². The van der Waals surface area contributed by atoms with Crippen LogP contribution in [0.25, 0.3) is 10.9 Å². The molecule has 1 aliphatic rings. The average Bonchev–Trinajstić information content (AvgIpc) is 3.02. The second-order valence-electron chi connectivity index (χ2n) is 6.42. The Morgan fingerprint density at radius 2 is 2.08 bits per heavy atom. The van der Waals surface area contributed by atoms with E-state index in [0.29, 0.717) is 0 Å². The fourth-order valence-electron chi connectivity index (χ4n) is 3.30. The number of benzene rings is 1. The molecule has 0 saturated carbocycles. The van der Waals surface area contributed by atoms with Gasteiger partial charge in [-0.25, -0.2) is 0 Å². The van der Waals surface area contributed by atoms with Gasteiger partial charge in [-0.2, -0.15) is 0 Å². The summed E-state index contributed by atoms with van der Waals surface area (Å²) in [6.07, 6.45) is 5.70. The van der Waals surface area contributed by atoms with Crippen LogP contribution < -0.4 is 5.32 Å². The molecule has 25 heavy (non-hydrogen) atoms. The van der Waals surface area contributed by atoms with Crippen molar-refractivity contribution in [2.45, 2.75) is 38.7 Å². The first-order chi connectivity index (χ1) is 11.8. The van der Waals surface area contributed by atoms with Crippen molar-refractivity contribution >= 4 is 40.8 Å². The zero-order valence-corrected chi connectivity index (χ0v) is 17.2. The molecule has 6 heteroatoms. The van der Waals surface area contributed by atoms with E-state index in [1.54, 1.807) is 0 Å². The summed E-state index contributed by atoms with van der Waals surface area (Å²) in [6, 6.07) is 8.44. The Labute approximate surface area is 166 Å². The molecule has 0 radical (unpaired) electrons.